The van der Waals surface area contributed by atoms with Gasteiger partial charge in [-0.3, -0.25) is 0 Å². The molecule has 0 aliphatic carbocycles. The normalized spacial score (nSPS) is 25.9. The lowest BCUT2D eigenvalue weighted by atomic mass is 9.85. The maximum atomic E-state index is 12.0. The molecular weight excluding hydrogens is 240 g/mol. The first-order valence-electron chi connectivity index (χ1n) is 5.57. The fourth-order valence-corrected chi connectivity index (χ4v) is 4.20. The second-order valence-electron chi connectivity index (χ2n) is 4.73. The molecule has 6 nitrogen and oxygen atoms in total. The number of sulfonamides is 1. The lowest BCUT2D eigenvalue weighted by molar-refractivity contribution is 0.177. The lowest BCUT2D eigenvalue weighted by Crippen LogP contribution is -2.48. The van der Waals surface area contributed by atoms with E-state index >= 15 is 0 Å². The van der Waals surface area contributed by atoms with Crippen LogP contribution in [0.15, 0.2) is 17.4 Å². The zero-order valence-electron chi connectivity index (χ0n) is 9.55. The minimum Gasteiger partial charge on any atom is -0.306 e. The van der Waals surface area contributed by atoms with Gasteiger partial charge >= 0.3 is 0 Å². The smallest absolute Gasteiger partial charge is 0.244 e. The first-order valence-corrected chi connectivity index (χ1v) is 7.05. The van der Waals surface area contributed by atoms with Crippen LogP contribution >= 0.6 is 0 Å². The van der Waals surface area contributed by atoms with Gasteiger partial charge < -0.3 is 4.90 Å². The van der Waals surface area contributed by atoms with Crippen LogP contribution in [0.5, 0.6) is 0 Å². The average molecular weight is 254 g/mol. The number of nitrogens with one attached hydrogen (secondary N) is 1. The molecule has 1 spiro atoms. The Balaban J connectivity index is 2.11. The van der Waals surface area contributed by atoms with Gasteiger partial charge in [0, 0.05) is 13.1 Å². The van der Waals surface area contributed by atoms with Crippen molar-refractivity contribution in [1.82, 2.24) is 19.6 Å². The second-order valence-corrected chi connectivity index (χ2v) is 6.38. The Morgan fingerprint density at radius 2 is 2.12 bits per heavy atom. The van der Waals surface area contributed by atoms with Crippen LogP contribution in [0.4, 0.5) is 0 Å². The van der Waals surface area contributed by atoms with Crippen LogP contribution < -0.4 is 4.72 Å². The van der Waals surface area contributed by atoms with Gasteiger partial charge in [0.2, 0.25) is 10.0 Å². The molecule has 1 aromatic heterocycles. The molecule has 2 aliphatic rings. The summed E-state index contributed by atoms with van der Waals surface area (Å²) in [7, 11) is -1.39. The molecule has 3 heterocycles. The van der Waals surface area contributed by atoms with E-state index in [9.17, 15) is 8.42 Å². The molecule has 0 saturated carbocycles. The van der Waals surface area contributed by atoms with E-state index in [2.05, 4.69) is 19.6 Å². The monoisotopic (exact) mass is 254 g/mol. The highest BCUT2D eigenvalue weighted by Crippen LogP contribution is 2.40. The van der Waals surface area contributed by atoms with E-state index in [0.717, 1.165) is 25.9 Å². The third kappa shape index (κ3) is 1.57. The van der Waals surface area contributed by atoms with E-state index in [1.165, 1.54) is 12.5 Å². The highest BCUT2D eigenvalue weighted by molar-refractivity contribution is 7.89. The molecule has 92 valence electrons. The number of piperidine rings is 1. The van der Waals surface area contributed by atoms with Crippen LogP contribution in [0.2, 0.25) is 0 Å². The quantitative estimate of drug-likeness (QED) is 0.687. The van der Waals surface area contributed by atoms with Crippen LogP contribution in [0.3, 0.4) is 0 Å². The average Bonchev–Trinajstić information content (AvgIpc) is 2.53. The molecule has 7 heteroatoms. The Morgan fingerprint density at radius 1 is 1.41 bits per heavy atom. The van der Waals surface area contributed by atoms with Crippen LogP contribution in [-0.4, -0.2) is 43.4 Å². The Bertz CT molecular complexity index is 549. The number of likely N-dealkylation sites (tertiary alicyclic amines) is 1. The van der Waals surface area contributed by atoms with Crippen molar-refractivity contribution in [3.05, 3.63) is 18.2 Å². The first kappa shape index (κ1) is 11.1. The number of nitrogens with zero attached hydrogens (tertiary/aromatic N) is 3. The van der Waals surface area contributed by atoms with Crippen LogP contribution in [0.25, 0.3) is 0 Å². The summed E-state index contributed by atoms with van der Waals surface area (Å²) in [5, 5.41) is 0. The first-order chi connectivity index (χ1) is 8.04. The van der Waals surface area contributed by atoms with E-state index < -0.39 is 15.6 Å². The summed E-state index contributed by atoms with van der Waals surface area (Å²) in [5.41, 5.74) is 0.129. The van der Waals surface area contributed by atoms with Crippen molar-refractivity contribution in [3.63, 3.8) is 0 Å². The van der Waals surface area contributed by atoms with Gasteiger partial charge in [0.05, 0.1) is 17.4 Å². The van der Waals surface area contributed by atoms with Crippen LogP contribution in [0, 0.1) is 0 Å². The standard InChI is InChI=1S/C10H14N4O2S/c1-14-4-2-10(3-5-14)9-8(6-11-7-12-9)17(15,16)13-10/h6-7,13H,2-5H2,1H3. The van der Waals surface area contributed by atoms with Crippen LogP contribution in [-0.2, 0) is 15.6 Å². The van der Waals surface area contributed by atoms with E-state index in [-0.39, 0.29) is 4.90 Å². The van der Waals surface area contributed by atoms with Crippen molar-refractivity contribution in [2.75, 3.05) is 20.1 Å². The molecule has 0 aromatic carbocycles. The van der Waals surface area contributed by atoms with Gasteiger partial charge in [-0.25, -0.2) is 18.4 Å². The van der Waals surface area contributed by atoms with Gasteiger partial charge in [0.1, 0.15) is 11.2 Å². The topological polar surface area (TPSA) is 75.2 Å². The van der Waals surface area contributed by atoms with E-state index in [1.54, 1.807) is 0 Å². The van der Waals surface area contributed by atoms with E-state index in [4.69, 9.17) is 0 Å². The summed E-state index contributed by atoms with van der Waals surface area (Å²) in [5.74, 6) is 0. The molecule has 1 N–H and O–H groups in total. The van der Waals surface area contributed by atoms with Crippen molar-refractivity contribution < 1.29 is 8.42 Å². The third-order valence-corrected chi connectivity index (χ3v) is 5.13. The predicted octanol–water partition coefficient (Wildman–Crippen LogP) is -0.311. The molecule has 3 rings (SSSR count). The van der Waals surface area contributed by atoms with Crippen molar-refractivity contribution >= 4 is 10.0 Å². The summed E-state index contributed by atoms with van der Waals surface area (Å²) in [4.78, 5) is 10.4. The van der Waals surface area contributed by atoms with Gasteiger partial charge in [-0.15, -0.1) is 0 Å². The maximum absolute atomic E-state index is 12.0. The molecule has 0 unspecified atom stereocenters. The number of aromatic nitrogens is 2. The number of hydrogen-bond acceptors (Lipinski definition) is 5. The van der Waals surface area contributed by atoms with Gasteiger partial charge in [0.25, 0.3) is 0 Å². The summed E-state index contributed by atoms with van der Waals surface area (Å²) in [6.07, 6.45) is 4.32. The third-order valence-electron chi connectivity index (χ3n) is 3.59. The Hall–Kier alpha value is -1.05. The largest absolute Gasteiger partial charge is 0.306 e. The summed E-state index contributed by atoms with van der Waals surface area (Å²) in [6.45, 7) is 1.73. The zero-order chi connectivity index (χ0) is 12.1. The highest BCUT2D eigenvalue weighted by atomic mass is 32.2. The van der Waals surface area contributed by atoms with Crippen LogP contribution in [0.1, 0.15) is 18.5 Å². The van der Waals surface area contributed by atoms with Gasteiger partial charge in [-0.1, -0.05) is 0 Å². The van der Waals surface area contributed by atoms with Gasteiger partial charge in [0.15, 0.2) is 0 Å². The number of fused-ring (bicyclic) bond motifs is 2. The number of rotatable bonds is 0. The van der Waals surface area contributed by atoms with Crippen molar-refractivity contribution in [1.29, 1.82) is 0 Å². The van der Waals surface area contributed by atoms with Gasteiger partial charge in [-0.2, -0.15) is 4.72 Å². The molecular formula is C10H14N4O2S. The molecule has 0 radical (unpaired) electrons. The Labute approximate surface area is 100 Å². The SMILES string of the molecule is CN1CCC2(CC1)NS(=O)(=O)c1cncnc12. The number of hydrogen-bond donors (Lipinski definition) is 1. The van der Waals surface area contributed by atoms with E-state index in [1.807, 2.05) is 7.05 Å². The molecule has 0 amide bonds. The minimum absolute atomic E-state index is 0.240. The minimum atomic E-state index is -3.42. The van der Waals surface area contributed by atoms with Crippen molar-refractivity contribution in [2.24, 2.45) is 0 Å². The predicted molar refractivity (Wildman–Crippen MR) is 60.8 cm³/mol. The molecule has 1 saturated heterocycles. The summed E-state index contributed by atoms with van der Waals surface area (Å²) in [6, 6.07) is 0. The fraction of sp³-hybridized carbons (Fsp3) is 0.600. The molecule has 1 fully saturated rings. The van der Waals surface area contributed by atoms with Crippen molar-refractivity contribution in [2.45, 2.75) is 23.3 Å². The molecule has 17 heavy (non-hydrogen) atoms. The Kier molecular flexibility index (Phi) is 2.26. The zero-order valence-corrected chi connectivity index (χ0v) is 10.4. The van der Waals surface area contributed by atoms with E-state index in [0.29, 0.717) is 5.69 Å². The molecule has 2 aliphatic heterocycles. The molecule has 1 aromatic rings. The lowest BCUT2D eigenvalue weighted by Gasteiger charge is -2.36. The highest BCUT2D eigenvalue weighted by Gasteiger charge is 2.49. The summed E-state index contributed by atoms with van der Waals surface area (Å²) < 4.78 is 26.8. The van der Waals surface area contributed by atoms with Crippen molar-refractivity contribution in [3.8, 4) is 0 Å². The van der Waals surface area contributed by atoms with Gasteiger partial charge in [-0.05, 0) is 19.9 Å². The molecule has 0 atom stereocenters. The summed E-state index contributed by atoms with van der Waals surface area (Å²) >= 11 is 0. The molecule has 0 bridgehead atoms. The Morgan fingerprint density at radius 3 is 2.82 bits per heavy atom. The second kappa shape index (κ2) is 3.47. The maximum Gasteiger partial charge on any atom is 0.244 e. The fourth-order valence-electron chi connectivity index (χ4n) is 2.57.